The van der Waals surface area contributed by atoms with Crippen LogP contribution in [0, 0.1) is 0 Å². The molecule has 0 aliphatic carbocycles. The van der Waals surface area contributed by atoms with E-state index in [0.29, 0.717) is 6.54 Å². The van der Waals surface area contributed by atoms with Crippen LogP contribution in [0.2, 0.25) is 0 Å². The minimum Gasteiger partial charge on any atom is -0.328 e. The summed E-state index contributed by atoms with van der Waals surface area (Å²) in [5.41, 5.74) is 5.87. The maximum Gasteiger partial charge on any atom is 0.108 e. The van der Waals surface area contributed by atoms with Gasteiger partial charge in [0, 0.05) is 30.2 Å². The van der Waals surface area contributed by atoms with Crippen molar-refractivity contribution in [1.29, 1.82) is 0 Å². The zero-order chi connectivity index (χ0) is 11.5. The van der Waals surface area contributed by atoms with Gasteiger partial charge in [0.1, 0.15) is 5.82 Å². The Hall–Kier alpha value is -0.650. The molecule has 3 nitrogen and oxygen atoms in total. The van der Waals surface area contributed by atoms with Gasteiger partial charge in [-0.15, -0.1) is 11.3 Å². The van der Waals surface area contributed by atoms with E-state index in [1.165, 1.54) is 4.88 Å². The van der Waals surface area contributed by atoms with Gasteiger partial charge in [0.15, 0.2) is 0 Å². The number of nitrogens with zero attached hydrogens (tertiary/aromatic N) is 2. The standard InChI is InChI=1S/C11H14BrN3S/c1-2-11-14-5-6-15(11)8(7-13)9-3-4-10(12)16-9/h3-6,8H,2,7,13H2,1H3. The van der Waals surface area contributed by atoms with Crippen molar-refractivity contribution in [2.45, 2.75) is 19.4 Å². The van der Waals surface area contributed by atoms with Crippen LogP contribution in [0.3, 0.4) is 0 Å². The summed E-state index contributed by atoms with van der Waals surface area (Å²) in [5, 5.41) is 0. The van der Waals surface area contributed by atoms with E-state index in [1.807, 2.05) is 12.4 Å². The number of rotatable bonds is 4. The molecule has 0 saturated heterocycles. The van der Waals surface area contributed by atoms with Crippen molar-refractivity contribution in [3.05, 3.63) is 39.0 Å². The number of hydrogen-bond donors (Lipinski definition) is 1. The first kappa shape index (κ1) is 11.8. The molecule has 0 spiro atoms. The highest BCUT2D eigenvalue weighted by Gasteiger charge is 2.16. The number of thiophene rings is 1. The number of aromatic nitrogens is 2. The van der Waals surface area contributed by atoms with Gasteiger partial charge in [0.25, 0.3) is 0 Å². The number of hydrogen-bond acceptors (Lipinski definition) is 3. The van der Waals surface area contributed by atoms with Crippen LogP contribution in [-0.4, -0.2) is 16.1 Å². The van der Waals surface area contributed by atoms with Gasteiger partial charge in [-0.2, -0.15) is 0 Å². The Morgan fingerprint density at radius 2 is 2.38 bits per heavy atom. The van der Waals surface area contributed by atoms with Crippen LogP contribution in [0.15, 0.2) is 28.3 Å². The predicted molar refractivity (Wildman–Crippen MR) is 70.8 cm³/mol. The molecule has 2 aromatic rings. The minimum absolute atomic E-state index is 0.203. The van der Waals surface area contributed by atoms with Gasteiger partial charge in [0.2, 0.25) is 0 Å². The molecule has 2 rings (SSSR count). The van der Waals surface area contributed by atoms with Crippen LogP contribution in [-0.2, 0) is 6.42 Å². The lowest BCUT2D eigenvalue weighted by Crippen LogP contribution is -2.20. The van der Waals surface area contributed by atoms with Crippen LogP contribution in [0.4, 0.5) is 0 Å². The highest BCUT2D eigenvalue weighted by atomic mass is 79.9. The smallest absolute Gasteiger partial charge is 0.108 e. The second-order valence-electron chi connectivity index (χ2n) is 3.50. The van der Waals surface area contributed by atoms with Crippen molar-refractivity contribution in [2.75, 3.05) is 6.54 Å². The molecule has 2 N–H and O–H groups in total. The number of nitrogens with two attached hydrogens (primary N) is 1. The summed E-state index contributed by atoms with van der Waals surface area (Å²) in [7, 11) is 0. The highest BCUT2D eigenvalue weighted by molar-refractivity contribution is 9.11. The van der Waals surface area contributed by atoms with E-state index >= 15 is 0 Å². The molecule has 2 heterocycles. The third-order valence-corrected chi connectivity index (χ3v) is 4.27. The molecule has 0 saturated carbocycles. The molecule has 2 aromatic heterocycles. The molecule has 5 heteroatoms. The van der Waals surface area contributed by atoms with Crippen LogP contribution >= 0.6 is 27.3 Å². The summed E-state index contributed by atoms with van der Waals surface area (Å²) in [6.07, 6.45) is 4.77. The first-order valence-corrected chi connectivity index (χ1v) is 6.84. The number of aryl methyl sites for hydroxylation is 1. The molecular formula is C11H14BrN3S. The normalized spacial score (nSPS) is 12.9. The Bertz CT molecular complexity index is 463. The molecule has 1 atom stereocenters. The second kappa shape index (κ2) is 5.12. The average Bonchev–Trinajstić information content (AvgIpc) is 2.89. The molecule has 0 aliphatic heterocycles. The van der Waals surface area contributed by atoms with Crippen molar-refractivity contribution < 1.29 is 0 Å². The Kier molecular flexibility index (Phi) is 3.78. The zero-order valence-electron chi connectivity index (χ0n) is 9.06. The summed E-state index contributed by atoms with van der Waals surface area (Å²) in [5.74, 6) is 1.08. The maximum absolute atomic E-state index is 5.87. The van der Waals surface area contributed by atoms with E-state index in [0.717, 1.165) is 16.0 Å². The largest absolute Gasteiger partial charge is 0.328 e. The van der Waals surface area contributed by atoms with Crippen LogP contribution in [0.1, 0.15) is 23.7 Å². The van der Waals surface area contributed by atoms with Gasteiger partial charge >= 0.3 is 0 Å². The van der Waals surface area contributed by atoms with E-state index in [2.05, 4.69) is 44.5 Å². The van der Waals surface area contributed by atoms with Crippen molar-refractivity contribution in [2.24, 2.45) is 5.73 Å². The maximum atomic E-state index is 5.87. The van der Waals surface area contributed by atoms with Gasteiger partial charge in [-0.05, 0) is 28.1 Å². The lowest BCUT2D eigenvalue weighted by molar-refractivity contribution is 0.577. The molecule has 1 unspecified atom stereocenters. The van der Waals surface area contributed by atoms with Crippen LogP contribution in [0.5, 0.6) is 0 Å². The summed E-state index contributed by atoms with van der Waals surface area (Å²) >= 11 is 5.21. The first-order valence-electron chi connectivity index (χ1n) is 5.23. The quantitative estimate of drug-likeness (QED) is 0.943. The minimum atomic E-state index is 0.203. The van der Waals surface area contributed by atoms with Crippen molar-refractivity contribution in [3.8, 4) is 0 Å². The summed E-state index contributed by atoms with van der Waals surface area (Å²) in [6, 6.07) is 4.38. The third-order valence-electron chi connectivity index (χ3n) is 2.55. The van der Waals surface area contributed by atoms with E-state index in [4.69, 9.17) is 5.73 Å². The highest BCUT2D eigenvalue weighted by Crippen LogP contribution is 2.29. The number of halogens is 1. The molecule has 0 aliphatic rings. The monoisotopic (exact) mass is 299 g/mol. The van der Waals surface area contributed by atoms with Crippen LogP contribution < -0.4 is 5.73 Å². The Labute approximate surface area is 107 Å². The van der Waals surface area contributed by atoms with Gasteiger partial charge < -0.3 is 10.3 Å². The molecular weight excluding hydrogens is 286 g/mol. The molecule has 16 heavy (non-hydrogen) atoms. The fraction of sp³-hybridized carbons (Fsp3) is 0.364. The molecule has 0 bridgehead atoms. The van der Waals surface area contributed by atoms with Crippen molar-refractivity contribution in [3.63, 3.8) is 0 Å². The average molecular weight is 300 g/mol. The van der Waals surface area contributed by atoms with E-state index in [9.17, 15) is 0 Å². The van der Waals surface area contributed by atoms with Gasteiger partial charge in [-0.3, -0.25) is 0 Å². The molecule has 0 aromatic carbocycles. The van der Waals surface area contributed by atoms with Gasteiger partial charge in [0.05, 0.1) is 9.83 Å². The topological polar surface area (TPSA) is 43.8 Å². The van der Waals surface area contributed by atoms with E-state index in [-0.39, 0.29) is 6.04 Å². The van der Waals surface area contributed by atoms with Crippen molar-refractivity contribution in [1.82, 2.24) is 9.55 Å². The molecule has 0 fully saturated rings. The molecule has 0 amide bonds. The Balaban J connectivity index is 2.36. The Morgan fingerprint density at radius 1 is 1.56 bits per heavy atom. The van der Waals surface area contributed by atoms with Gasteiger partial charge in [-0.25, -0.2) is 4.98 Å². The Morgan fingerprint density at radius 3 is 2.94 bits per heavy atom. The number of imidazole rings is 1. The fourth-order valence-corrected chi connectivity index (χ4v) is 3.31. The SMILES string of the molecule is CCc1nccn1C(CN)c1ccc(Br)s1. The summed E-state index contributed by atoms with van der Waals surface area (Å²) in [6.45, 7) is 2.70. The lowest BCUT2D eigenvalue weighted by atomic mass is 10.2. The molecule has 86 valence electrons. The zero-order valence-corrected chi connectivity index (χ0v) is 11.5. The summed E-state index contributed by atoms with van der Waals surface area (Å²) in [4.78, 5) is 5.60. The van der Waals surface area contributed by atoms with E-state index < -0.39 is 0 Å². The second-order valence-corrected chi connectivity index (χ2v) is 5.99. The third kappa shape index (κ3) is 2.21. The molecule has 0 radical (unpaired) electrons. The van der Waals surface area contributed by atoms with Gasteiger partial charge in [-0.1, -0.05) is 6.92 Å². The van der Waals surface area contributed by atoms with Crippen molar-refractivity contribution >= 4 is 27.3 Å². The summed E-state index contributed by atoms with van der Waals surface area (Å²) < 4.78 is 3.30. The predicted octanol–water partition coefficient (Wildman–Crippen LogP) is 2.82. The fourth-order valence-electron chi connectivity index (χ4n) is 1.78. The first-order chi connectivity index (χ1) is 7.76. The van der Waals surface area contributed by atoms with E-state index in [1.54, 1.807) is 11.3 Å². The lowest BCUT2D eigenvalue weighted by Gasteiger charge is -2.17. The van der Waals surface area contributed by atoms with Crippen LogP contribution in [0.25, 0.3) is 0 Å².